The first-order chi connectivity index (χ1) is 12.6. The minimum atomic E-state index is -0.389. The van der Waals surface area contributed by atoms with Gasteiger partial charge in [-0.05, 0) is 43.3 Å². The second-order valence-corrected chi connectivity index (χ2v) is 6.77. The fourth-order valence-electron chi connectivity index (χ4n) is 2.24. The number of thioether (sulfide) groups is 1. The van der Waals surface area contributed by atoms with Crippen LogP contribution in [0.4, 0.5) is 0 Å². The third-order valence-electron chi connectivity index (χ3n) is 3.68. The first kappa shape index (κ1) is 17.9. The number of aromatic nitrogens is 3. The molecule has 0 aliphatic heterocycles. The molecule has 1 unspecified atom stereocenters. The predicted molar refractivity (Wildman–Crippen MR) is 98.0 cm³/mol. The molecule has 3 rings (SSSR count). The van der Waals surface area contributed by atoms with Crippen LogP contribution in [0.2, 0.25) is 0 Å². The molecule has 3 aromatic rings. The summed E-state index contributed by atoms with van der Waals surface area (Å²) in [5.74, 6) is 7.91. The fraction of sp³-hybridized carbons (Fsp3) is 0.235. The monoisotopic (exact) mass is 373 g/mol. The van der Waals surface area contributed by atoms with E-state index in [1.54, 1.807) is 32.4 Å². The highest BCUT2D eigenvalue weighted by Crippen LogP contribution is 2.26. The van der Waals surface area contributed by atoms with Crippen LogP contribution in [0.1, 0.15) is 12.7 Å². The van der Waals surface area contributed by atoms with E-state index in [0.717, 1.165) is 11.3 Å². The lowest BCUT2D eigenvalue weighted by molar-refractivity contribution is -0.120. The minimum Gasteiger partial charge on any atom is -0.497 e. The molecule has 1 amide bonds. The molecule has 26 heavy (non-hydrogen) atoms. The first-order valence-corrected chi connectivity index (χ1v) is 8.78. The van der Waals surface area contributed by atoms with E-state index in [9.17, 15) is 4.79 Å². The molecule has 136 valence electrons. The molecule has 2 heterocycles. The van der Waals surface area contributed by atoms with Crippen molar-refractivity contribution in [1.29, 1.82) is 0 Å². The molecule has 2 aromatic heterocycles. The van der Waals surface area contributed by atoms with Gasteiger partial charge in [-0.15, -0.1) is 10.2 Å². The standard InChI is InChI=1S/C17H19N5O3S/c1-11(16(23)19-10-14-4-3-9-25-14)26-17-21-20-15(22(17)18)12-5-7-13(24-2)8-6-12/h3-9,11H,10,18H2,1-2H3,(H,19,23). The van der Waals surface area contributed by atoms with Crippen molar-refractivity contribution in [3.63, 3.8) is 0 Å². The zero-order valence-electron chi connectivity index (χ0n) is 14.4. The van der Waals surface area contributed by atoms with E-state index in [1.165, 1.54) is 16.4 Å². The molecule has 9 heteroatoms. The summed E-state index contributed by atoms with van der Waals surface area (Å²) in [7, 11) is 1.60. The minimum absolute atomic E-state index is 0.139. The van der Waals surface area contributed by atoms with E-state index in [0.29, 0.717) is 23.3 Å². The van der Waals surface area contributed by atoms with Gasteiger partial charge in [0.25, 0.3) is 0 Å². The van der Waals surface area contributed by atoms with E-state index in [2.05, 4.69) is 15.5 Å². The lowest BCUT2D eigenvalue weighted by Crippen LogP contribution is -2.30. The SMILES string of the molecule is COc1ccc(-c2nnc(SC(C)C(=O)NCc3ccco3)n2N)cc1. The third kappa shape index (κ3) is 3.99. The molecule has 0 fully saturated rings. The highest BCUT2D eigenvalue weighted by Gasteiger charge is 2.20. The number of benzene rings is 1. The highest BCUT2D eigenvalue weighted by atomic mass is 32.2. The van der Waals surface area contributed by atoms with Crippen LogP contribution in [-0.2, 0) is 11.3 Å². The number of methoxy groups -OCH3 is 1. The summed E-state index contributed by atoms with van der Waals surface area (Å²) in [4.78, 5) is 12.2. The summed E-state index contributed by atoms with van der Waals surface area (Å²) in [5, 5.41) is 11.1. The van der Waals surface area contributed by atoms with Crippen LogP contribution in [-0.4, -0.2) is 33.1 Å². The Balaban J connectivity index is 1.64. The van der Waals surface area contributed by atoms with Gasteiger partial charge in [-0.1, -0.05) is 11.8 Å². The Labute approximate surface area is 154 Å². The van der Waals surface area contributed by atoms with Gasteiger partial charge in [-0.25, -0.2) is 4.68 Å². The van der Waals surface area contributed by atoms with Crippen LogP contribution >= 0.6 is 11.8 Å². The summed E-state index contributed by atoms with van der Waals surface area (Å²) in [6.07, 6.45) is 1.57. The Hall–Kier alpha value is -2.94. The summed E-state index contributed by atoms with van der Waals surface area (Å²) >= 11 is 1.24. The zero-order valence-corrected chi connectivity index (χ0v) is 15.2. The molecular formula is C17H19N5O3S. The number of nitrogens with one attached hydrogen (secondary N) is 1. The average molecular weight is 373 g/mol. The average Bonchev–Trinajstić information content (AvgIpc) is 3.30. The van der Waals surface area contributed by atoms with Gasteiger partial charge in [0.1, 0.15) is 11.5 Å². The number of ether oxygens (including phenoxy) is 1. The number of hydrogen-bond acceptors (Lipinski definition) is 7. The lowest BCUT2D eigenvalue weighted by atomic mass is 10.2. The number of hydrogen-bond donors (Lipinski definition) is 2. The van der Waals surface area contributed by atoms with Crippen molar-refractivity contribution in [2.24, 2.45) is 0 Å². The quantitative estimate of drug-likeness (QED) is 0.482. The molecule has 8 nitrogen and oxygen atoms in total. The van der Waals surface area contributed by atoms with Crippen LogP contribution in [0.5, 0.6) is 5.75 Å². The van der Waals surface area contributed by atoms with Crippen LogP contribution in [0, 0.1) is 0 Å². The smallest absolute Gasteiger partial charge is 0.233 e. The number of carbonyl (C=O) groups is 1. The van der Waals surface area contributed by atoms with Gasteiger partial charge in [0.2, 0.25) is 11.1 Å². The van der Waals surface area contributed by atoms with Crippen molar-refractivity contribution < 1.29 is 13.9 Å². The molecule has 0 bridgehead atoms. The summed E-state index contributed by atoms with van der Waals surface area (Å²) < 4.78 is 11.7. The van der Waals surface area contributed by atoms with Gasteiger partial charge >= 0.3 is 0 Å². The van der Waals surface area contributed by atoms with Crippen molar-refractivity contribution in [2.75, 3.05) is 13.0 Å². The van der Waals surface area contributed by atoms with Gasteiger partial charge in [0, 0.05) is 5.56 Å². The second-order valence-electron chi connectivity index (χ2n) is 5.46. The van der Waals surface area contributed by atoms with Gasteiger partial charge in [-0.3, -0.25) is 4.79 Å². The number of carbonyl (C=O) groups excluding carboxylic acids is 1. The molecule has 0 aliphatic rings. The largest absolute Gasteiger partial charge is 0.497 e. The van der Waals surface area contributed by atoms with E-state index in [-0.39, 0.29) is 11.2 Å². The van der Waals surface area contributed by atoms with E-state index < -0.39 is 0 Å². The third-order valence-corrected chi connectivity index (χ3v) is 4.74. The predicted octanol–water partition coefficient (Wildman–Crippen LogP) is 2.06. The Kier molecular flexibility index (Phi) is 5.47. The molecule has 0 spiro atoms. The molecule has 0 saturated carbocycles. The van der Waals surface area contributed by atoms with Crippen molar-refractivity contribution in [3.8, 4) is 17.1 Å². The highest BCUT2D eigenvalue weighted by molar-refractivity contribution is 8.00. The van der Waals surface area contributed by atoms with Gasteiger partial charge < -0.3 is 20.3 Å². The summed E-state index contributed by atoms with van der Waals surface area (Å²) in [6, 6.07) is 10.9. The van der Waals surface area contributed by atoms with Crippen molar-refractivity contribution in [2.45, 2.75) is 23.9 Å². The maximum atomic E-state index is 12.2. The van der Waals surface area contributed by atoms with Crippen LogP contribution in [0.15, 0.2) is 52.2 Å². The molecule has 1 atom stereocenters. The van der Waals surface area contributed by atoms with E-state index in [1.807, 2.05) is 24.3 Å². The Morgan fingerprint density at radius 3 is 2.77 bits per heavy atom. The number of furan rings is 1. The molecule has 3 N–H and O–H groups in total. The topological polar surface area (TPSA) is 108 Å². The number of nitrogens with zero attached hydrogens (tertiary/aromatic N) is 3. The fourth-order valence-corrected chi connectivity index (χ4v) is 3.03. The number of amides is 1. The summed E-state index contributed by atoms with van der Waals surface area (Å²) in [5.41, 5.74) is 0.808. The maximum absolute atomic E-state index is 12.2. The second kappa shape index (κ2) is 7.96. The Bertz CT molecular complexity index is 861. The molecule has 1 aromatic carbocycles. The Morgan fingerprint density at radius 2 is 2.12 bits per heavy atom. The zero-order chi connectivity index (χ0) is 18.5. The Morgan fingerprint density at radius 1 is 1.35 bits per heavy atom. The number of rotatable bonds is 7. The molecule has 0 radical (unpaired) electrons. The number of nitrogen functional groups attached to an aromatic ring is 1. The molecular weight excluding hydrogens is 354 g/mol. The van der Waals surface area contributed by atoms with Crippen molar-refractivity contribution in [3.05, 3.63) is 48.4 Å². The van der Waals surface area contributed by atoms with Crippen LogP contribution in [0.3, 0.4) is 0 Å². The lowest BCUT2D eigenvalue weighted by Gasteiger charge is -2.10. The van der Waals surface area contributed by atoms with Crippen molar-refractivity contribution >= 4 is 17.7 Å². The van der Waals surface area contributed by atoms with Crippen molar-refractivity contribution in [1.82, 2.24) is 20.2 Å². The van der Waals surface area contributed by atoms with Gasteiger partial charge in [-0.2, -0.15) is 0 Å². The molecule has 0 saturated heterocycles. The first-order valence-electron chi connectivity index (χ1n) is 7.90. The number of nitrogens with two attached hydrogens (primary N) is 1. The van der Waals surface area contributed by atoms with E-state index >= 15 is 0 Å². The maximum Gasteiger partial charge on any atom is 0.233 e. The van der Waals surface area contributed by atoms with Crippen LogP contribution in [0.25, 0.3) is 11.4 Å². The van der Waals surface area contributed by atoms with Gasteiger partial charge in [0.05, 0.1) is 25.2 Å². The van der Waals surface area contributed by atoms with Crippen LogP contribution < -0.4 is 15.9 Å². The van der Waals surface area contributed by atoms with Gasteiger partial charge in [0.15, 0.2) is 5.82 Å². The van der Waals surface area contributed by atoms with E-state index in [4.69, 9.17) is 15.0 Å². The summed E-state index contributed by atoms with van der Waals surface area (Å²) in [6.45, 7) is 2.12. The molecule has 0 aliphatic carbocycles. The normalized spacial score (nSPS) is 11.9.